The number of nitrogens with two attached hydrogens (primary N) is 1. The minimum atomic E-state index is 0.790. The van der Waals surface area contributed by atoms with E-state index >= 15 is 0 Å². The van der Waals surface area contributed by atoms with Crippen molar-refractivity contribution in [2.24, 2.45) is 5.92 Å². The number of hydrogen-bond acceptors (Lipinski definition) is 3. The Bertz CT molecular complexity index is 535. The summed E-state index contributed by atoms with van der Waals surface area (Å²) in [7, 11) is 0. The van der Waals surface area contributed by atoms with Crippen molar-refractivity contribution in [3.8, 4) is 0 Å². The highest BCUT2D eigenvalue weighted by molar-refractivity contribution is 5.98. The van der Waals surface area contributed by atoms with Gasteiger partial charge in [-0.25, -0.2) is 0 Å². The van der Waals surface area contributed by atoms with Gasteiger partial charge in [-0.05, 0) is 24.5 Å². The van der Waals surface area contributed by atoms with Gasteiger partial charge in [-0.1, -0.05) is 32.8 Å². The van der Waals surface area contributed by atoms with E-state index in [2.05, 4.69) is 30.2 Å². The Balaban J connectivity index is 1.96. The van der Waals surface area contributed by atoms with Gasteiger partial charge in [0.1, 0.15) is 0 Å². The van der Waals surface area contributed by atoms with Crippen LogP contribution in [0.15, 0.2) is 30.6 Å². The maximum atomic E-state index is 6.19. The highest BCUT2D eigenvalue weighted by atomic mass is 14.9. The van der Waals surface area contributed by atoms with Crippen molar-refractivity contribution in [1.29, 1.82) is 0 Å². The summed E-state index contributed by atoms with van der Waals surface area (Å²) in [6, 6.07) is 6.07. The van der Waals surface area contributed by atoms with Gasteiger partial charge in [-0.3, -0.25) is 4.98 Å². The summed E-state index contributed by atoms with van der Waals surface area (Å²) >= 11 is 0. The molecule has 3 nitrogen and oxygen atoms in total. The van der Waals surface area contributed by atoms with Crippen molar-refractivity contribution in [2.75, 3.05) is 17.6 Å². The summed E-state index contributed by atoms with van der Waals surface area (Å²) in [5, 5.41) is 5.59. The molecule has 1 aromatic heterocycles. The smallest absolute Gasteiger partial charge is 0.0630 e. The van der Waals surface area contributed by atoms with E-state index < -0.39 is 0 Å². The molecule has 0 amide bonds. The zero-order valence-corrected chi connectivity index (χ0v) is 11.8. The molecule has 0 bridgehead atoms. The topological polar surface area (TPSA) is 50.9 Å². The molecule has 1 heterocycles. The Kier molecular flexibility index (Phi) is 4.61. The molecular formula is C16H23N3. The lowest BCUT2D eigenvalue weighted by molar-refractivity contribution is 0.545. The van der Waals surface area contributed by atoms with Gasteiger partial charge in [-0.2, -0.15) is 0 Å². The van der Waals surface area contributed by atoms with Gasteiger partial charge in [0.25, 0.3) is 0 Å². The maximum absolute atomic E-state index is 6.19. The highest BCUT2D eigenvalue weighted by Gasteiger charge is 2.03. The monoisotopic (exact) mass is 257 g/mol. The number of nitrogens with zero attached hydrogens (tertiary/aromatic N) is 1. The largest absolute Gasteiger partial charge is 0.397 e. The van der Waals surface area contributed by atoms with Crippen LogP contribution in [0, 0.1) is 5.92 Å². The van der Waals surface area contributed by atoms with E-state index in [0.717, 1.165) is 34.6 Å². The van der Waals surface area contributed by atoms with Gasteiger partial charge < -0.3 is 11.1 Å². The van der Waals surface area contributed by atoms with Crippen molar-refractivity contribution < 1.29 is 0 Å². The molecule has 0 saturated heterocycles. The number of benzene rings is 1. The molecule has 102 valence electrons. The van der Waals surface area contributed by atoms with Crippen LogP contribution in [0.25, 0.3) is 10.8 Å². The van der Waals surface area contributed by atoms with Gasteiger partial charge in [0.2, 0.25) is 0 Å². The SMILES string of the molecule is CC(C)CCCCNc1ccc2cnccc2c1N. The second kappa shape index (κ2) is 6.41. The van der Waals surface area contributed by atoms with Crippen molar-refractivity contribution in [3.63, 3.8) is 0 Å². The minimum absolute atomic E-state index is 0.790. The molecule has 19 heavy (non-hydrogen) atoms. The van der Waals surface area contributed by atoms with Crippen LogP contribution in [0.1, 0.15) is 33.1 Å². The lowest BCUT2D eigenvalue weighted by Crippen LogP contribution is -2.05. The van der Waals surface area contributed by atoms with Crippen LogP contribution < -0.4 is 11.1 Å². The first kappa shape index (κ1) is 13.7. The molecule has 0 saturated carbocycles. The molecule has 0 radical (unpaired) electrons. The number of aromatic nitrogens is 1. The molecule has 0 spiro atoms. The molecule has 1 aromatic carbocycles. The molecular weight excluding hydrogens is 234 g/mol. The summed E-state index contributed by atoms with van der Waals surface area (Å²) in [6.45, 7) is 5.51. The fourth-order valence-corrected chi connectivity index (χ4v) is 2.25. The molecule has 0 aliphatic rings. The Morgan fingerprint density at radius 1 is 1.21 bits per heavy atom. The highest BCUT2D eigenvalue weighted by Crippen LogP contribution is 2.27. The van der Waals surface area contributed by atoms with Gasteiger partial charge in [-0.15, -0.1) is 0 Å². The minimum Gasteiger partial charge on any atom is -0.397 e. The maximum Gasteiger partial charge on any atom is 0.0630 e. The molecule has 0 aliphatic carbocycles. The molecule has 2 rings (SSSR count). The molecule has 0 unspecified atom stereocenters. The molecule has 0 fully saturated rings. The fourth-order valence-electron chi connectivity index (χ4n) is 2.25. The van der Waals surface area contributed by atoms with Crippen LogP contribution in [0.5, 0.6) is 0 Å². The molecule has 3 N–H and O–H groups in total. The zero-order valence-electron chi connectivity index (χ0n) is 11.8. The predicted octanol–water partition coefficient (Wildman–Crippen LogP) is 4.06. The molecule has 0 atom stereocenters. The first-order valence-corrected chi connectivity index (χ1v) is 7.04. The third-order valence-corrected chi connectivity index (χ3v) is 3.39. The standard InChI is InChI=1S/C16H23N3/c1-12(2)5-3-4-9-19-15-7-6-13-11-18-10-8-14(13)16(15)17/h6-8,10-12,19H,3-5,9,17H2,1-2H3. The molecule has 3 heteroatoms. The number of nitrogens with one attached hydrogen (secondary N) is 1. The number of rotatable bonds is 6. The Morgan fingerprint density at radius 2 is 2.05 bits per heavy atom. The van der Waals surface area contributed by atoms with Crippen molar-refractivity contribution in [2.45, 2.75) is 33.1 Å². The number of anilines is 2. The van der Waals surface area contributed by atoms with Crippen molar-refractivity contribution >= 4 is 22.1 Å². The number of unbranched alkanes of at least 4 members (excludes halogenated alkanes) is 1. The average molecular weight is 257 g/mol. The van der Waals surface area contributed by atoms with Crippen LogP contribution >= 0.6 is 0 Å². The third kappa shape index (κ3) is 3.60. The second-order valence-corrected chi connectivity index (χ2v) is 5.44. The molecule has 0 aliphatic heterocycles. The summed E-state index contributed by atoms with van der Waals surface area (Å²) in [5.41, 5.74) is 8.05. The van der Waals surface area contributed by atoms with Crippen LogP contribution in [0.3, 0.4) is 0 Å². The summed E-state index contributed by atoms with van der Waals surface area (Å²) in [4.78, 5) is 4.11. The van der Waals surface area contributed by atoms with Crippen LogP contribution in [0.2, 0.25) is 0 Å². The lowest BCUT2D eigenvalue weighted by Gasteiger charge is -2.11. The van der Waals surface area contributed by atoms with Crippen molar-refractivity contribution in [1.82, 2.24) is 4.98 Å². The summed E-state index contributed by atoms with van der Waals surface area (Å²) in [6.07, 6.45) is 7.37. The first-order valence-electron chi connectivity index (χ1n) is 7.04. The lowest BCUT2D eigenvalue weighted by atomic mass is 10.1. The van der Waals surface area contributed by atoms with E-state index in [-0.39, 0.29) is 0 Å². The Hall–Kier alpha value is -1.77. The number of pyridine rings is 1. The summed E-state index contributed by atoms with van der Waals surface area (Å²) in [5.74, 6) is 0.790. The second-order valence-electron chi connectivity index (χ2n) is 5.44. The quantitative estimate of drug-likeness (QED) is 0.606. The zero-order chi connectivity index (χ0) is 13.7. The average Bonchev–Trinajstić information content (AvgIpc) is 2.41. The van der Waals surface area contributed by atoms with Crippen LogP contribution in [-0.2, 0) is 0 Å². The fraction of sp³-hybridized carbons (Fsp3) is 0.438. The van der Waals surface area contributed by atoms with E-state index in [1.54, 1.807) is 6.20 Å². The predicted molar refractivity (Wildman–Crippen MR) is 83.3 cm³/mol. The van der Waals surface area contributed by atoms with Crippen molar-refractivity contribution in [3.05, 3.63) is 30.6 Å². The van der Waals surface area contributed by atoms with E-state index in [9.17, 15) is 0 Å². The first-order chi connectivity index (χ1) is 9.18. The van der Waals surface area contributed by atoms with Crippen LogP contribution in [-0.4, -0.2) is 11.5 Å². The normalized spacial score (nSPS) is 11.1. The number of hydrogen-bond donors (Lipinski definition) is 2. The molecule has 2 aromatic rings. The van der Waals surface area contributed by atoms with E-state index in [1.165, 1.54) is 19.3 Å². The number of fused-ring (bicyclic) bond motifs is 1. The van der Waals surface area contributed by atoms with E-state index in [0.29, 0.717) is 0 Å². The number of nitrogen functional groups attached to an aromatic ring is 1. The summed E-state index contributed by atoms with van der Waals surface area (Å²) < 4.78 is 0. The van der Waals surface area contributed by atoms with E-state index in [1.807, 2.05) is 18.3 Å². The van der Waals surface area contributed by atoms with E-state index in [4.69, 9.17) is 5.73 Å². The van der Waals surface area contributed by atoms with Crippen LogP contribution in [0.4, 0.5) is 11.4 Å². The van der Waals surface area contributed by atoms with Gasteiger partial charge in [0, 0.05) is 29.7 Å². The van der Waals surface area contributed by atoms with Gasteiger partial charge >= 0.3 is 0 Å². The Morgan fingerprint density at radius 3 is 2.84 bits per heavy atom. The van der Waals surface area contributed by atoms with Gasteiger partial charge in [0.15, 0.2) is 0 Å². The Labute approximate surface area is 115 Å². The third-order valence-electron chi connectivity index (χ3n) is 3.39. The van der Waals surface area contributed by atoms with Gasteiger partial charge in [0.05, 0.1) is 11.4 Å².